The molecular weight excluding hydrogens is 318 g/mol. The van der Waals surface area contributed by atoms with E-state index < -0.39 is 0 Å². The molecule has 1 spiro atoms. The number of thiazole rings is 1. The SMILES string of the molecule is CN(c1ccccc1)[C@@H]1COC2(CCN(Cc3cncs3)CC2)C1. The summed E-state index contributed by atoms with van der Waals surface area (Å²) in [4.78, 5) is 10.5. The number of likely N-dealkylation sites (N-methyl/N-ethyl adjacent to an activating group) is 1. The Morgan fingerprint density at radius 2 is 2.08 bits per heavy atom. The first-order valence-corrected chi connectivity index (χ1v) is 9.64. The summed E-state index contributed by atoms with van der Waals surface area (Å²) >= 11 is 1.75. The van der Waals surface area contributed by atoms with Crippen LogP contribution in [0.25, 0.3) is 0 Å². The van der Waals surface area contributed by atoms with Gasteiger partial charge in [-0.3, -0.25) is 9.88 Å². The van der Waals surface area contributed by atoms with Gasteiger partial charge in [-0.15, -0.1) is 11.3 Å². The van der Waals surface area contributed by atoms with Crippen LogP contribution in [0.1, 0.15) is 24.1 Å². The number of hydrogen-bond donors (Lipinski definition) is 0. The summed E-state index contributed by atoms with van der Waals surface area (Å²) in [7, 11) is 2.20. The number of likely N-dealkylation sites (tertiary alicyclic amines) is 1. The molecule has 1 aromatic heterocycles. The fraction of sp³-hybridized carbons (Fsp3) is 0.526. The largest absolute Gasteiger partial charge is 0.373 e. The maximum absolute atomic E-state index is 6.34. The molecule has 0 unspecified atom stereocenters. The van der Waals surface area contributed by atoms with Crippen molar-refractivity contribution in [2.75, 3.05) is 31.6 Å². The van der Waals surface area contributed by atoms with E-state index in [1.54, 1.807) is 11.3 Å². The first kappa shape index (κ1) is 16.1. The molecule has 2 saturated heterocycles. The third-order valence-electron chi connectivity index (χ3n) is 5.53. The fourth-order valence-electron chi connectivity index (χ4n) is 3.95. The van der Waals surface area contributed by atoms with Crippen LogP contribution in [-0.4, -0.2) is 48.3 Å². The molecule has 0 aliphatic carbocycles. The predicted octanol–water partition coefficient (Wildman–Crippen LogP) is 3.40. The molecular formula is C19H25N3OS. The van der Waals surface area contributed by atoms with Crippen molar-refractivity contribution in [2.45, 2.75) is 37.5 Å². The Hall–Kier alpha value is -1.43. The molecule has 4 rings (SSSR count). The zero-order chi connectivity index (χ0) is 16.4. The van der Waals surface area contributed by atoms with Gasteiger partial charge in [0, 0.05) is 43.4 Å². The van der Waals surface area contributed by atoms with Gasteiger partial charge in [0.05, 0.1) is 23.8 Å². The number of aromatic nitrogens is 1. The van der Waals surface area contributed by atoms with Gasteiger partial charge < -0.3 is 9.64 Å². The molecule has 3 heterocycles. The minimum atomic E-state index is 0.0951. The number of anilines is 1. The van der Waals surface area contributed by atoms with Gasteiger partial charge in [0.2, 0.25) is 0 Å². The number of piperidine rings is 1. The van der Waals surface area contributed by atoms with Crippen LogP contribution in [-0.2, 0) is 11.3 Å². The quantitative estimate of drug-likeness (QED) is 0.851. The Kier molecular flexibility index (Phi) is 4.57. The van der Waals surface area contributed by atoms with Crippen LogP contribution in [0.15, 0.2) is 42.0 Å². The van der Waals surface area contributed by atoms with E-state index in [2.05, 4.69) is 52.2 Å². The summed E-state index contributed by atoms with van der Waals surface area (Å²) in [5, 5.41) is 0. The highest BCUT2D eigenvalue weighted by Gasteiger charge is 2.43. The van der Waals surface area contributed by atoms with Crippen LogP contribution in [0.4, 0.5) is 5.69 Å². The van der Waals surface area contributed by atoms with Crippen molar-refractivity contribution in [1.82, 2.24) is 9.88 Å². The lowest BCUT2D eigenvalue weighted by Gasteiger charge is -2.38. The van der Waals surface area contributed by atoms with E-state index in [0.717, 1.165) is 45.5 Å². The number of ether oxygens (including phenoxy) is 1. The van der Waals surface area contributed by atoms with Gasteiger partial charge in [0.25, 0.3) is 0 Å². The smallest absolute Gasteiger partial charge is 0.0794 e. The predicted molar refractivity (Wildman–Crippen MR) is 98.6 cm³/mol. The zero-order valence-corrected chi connectivity index (χ0v) is 15.0. The Balaban J connectivity index is 1.33. The van der Waals surface area contributed by atoms with Crippen molar-refractivity contribution < 1.29 is 4.74 Å². The van der Waals surface area contributed by atoms with Crippen molar-refractivity contribution in [3.8, 4) is 0 Å². The number of benzene rings is 1. The third-order valence-corrected chi connectivity index (χ3v) is 6.30. The summed E-state index contributed by atoms with van der Waals surface area (Å²) in [5.41, 5.74) is 3.30. The van der Waals surface area contributed by atoms with Crippen molar-refractivity contribution in [2.24, 2.45) is 0 Å². The maximum Gasteiger partial charge on any atom is 0.0794 e. The molecule has 2 aromatic rings. The standard InChI is InChI=1S/C19H25N3OS/c1-21(16-5-3-2-4-6-16)17-11-19(23-14-17)7-9-22(10-8-19)13-18-12-20-15-24-18/h2-6,12,15,17H,7-11,13-14H2,1H3/t17-/m0/s1. The van der Waals surface area contributed by atoms with Crippen LogP contribution in [0, 0.1) is 0 Å². The van der Waals surface area contributed by atoms with Crippen molar-refractivity contribution in [3.05, 3.63) is 46.9 Å². The van der Waals surface area contributed by atoms with Crippen molar-refractivity contribution >= 4 is 17.0 Å². The highest BCUT2D eigenvalue weighted by molar-refractivity contribution is 7.09. The van der Waals surface area contributed by atoms with Crippen LogP contribution in [0.2, 0.25) is 0 Å². The van der Waals surface area contributed by atoms with Crippen LogP contribution >= 0.6 is 11.3 Å². The molecule has 0 bridgehead atoms. The highest BCUT2D eigenvalue weighted by atomic mass is 32.1. The number of para-hydroxylation sites is 1. The first-order chi connectivity index (χ1) is 11.7. The van der Waals surface area contributed by atoms with Crippen LogP contribution in [0.3, 0.4) is 0 Å². The van der Waals surface area contributed by atoms with E-state index in [0.29, 0.717) is 6.04 Å². The van der Waals surface area contributed by atoms with E-state index in [-0.39, 0.29) is 5.60 Å². The fourth-order valence-corrected chi connectivity index (χ4v) is 4.59. The van der Waals surface area contributed by atoms with Gasteiger partial charge in [-0.25, -0.2) is 0 Å². The lowest BCUT2D eigenvalue weighted by molar-refractivity contribution is -0.0447. The lowest BCUT2D eigenvalue weighted by Crippen LogP contribution is -2.44. The molecule has 1 atom stereocenters. The van der Waals surface area contributed by atoms with Gasteiger partial charge in [-0.2, -0.15) is 0 Å². The number of hydrogen-bond acceptors (Lipinski definition) is 5. The Morgan fingerprint density at radius 3 is 2.79 bits per heavy atom. The summed E-state index contributed by atoms with van der Waals surface area (Å²) < 4.78 is 6.34. The molecule has 0 radical (unpaired) electrons. The summed E-state index contributed by atoms with van der Waals surface area (Å²) in [6.07, 6.45) is 5.43. The summed E-state index contributed by atoms with van der Waals surface area (Å²) in [6, 6.07) is 11.1. The Bertz CT molecular complexity index is 638. The molecule has 24 heavy (non-hydrogen) atoms. The molecule has 0 amide bonds. The van der Waals surface area contributed by atoms with E-state index in [9.17, 15) is 0 Å². The molecule has 4 nitrogen and oxygen atoms in total. The van der Waals surface area contributed by atoms with Gasteiger partial charge in [-0.05, 0) is 31.4 Å². The van der Waals surface area contributed by atoms with Gasteiger partial charge >= 0.3 is 0 Å². The van der Waals surface area contributed by atoms with Crippen molar-refractivity contribution in [1.29, 1.82) is 0 Å². The van der Waals surface area contributed by atoms with E-state index in [1.165, 1.54) is 10.6 Å². The molecule has 1 aromatic carbocycles. The normalized spacial score (nSPS) is 23.6. The number of nitrogens with zero attached hydrogens (tertiary/aromatic N) is 3. The highest BCUT2D eigenvalue weighted by Crippen LogP contribution is 2.38. The minimum absolute atomic E-state index is 0.0951. The van der Waals surface area contributed by atoms with Crippen LogP contribution in [0.5, 0.6) is 0 Å². The molecule has 0 N–H and O–H groups in total. The summed E-state index contributed by atoms with van der Waals surface area (Å²) in [6.45, 7) is 4.13. The topological polar surface area (TPSA) is 28.6 Å². The second-order valence-corrected chi connectivity index (χ2v) is 8.01. The molecule has 2 fully saturated rings. The zero-order valence-electron chi connectivity index (χ0n) is 14.2. The van der Waals surface area contributed by atoms with E-state index in [4.69, 9.17) is 4.74 Å². The Labute approximate surface area is 148 Å². The van der Waals surface area contributed by atoms with Crippen LogP contribution < -0.4 is 4.90 Å². The van der Waals surface area contributed by atoms with Crippen molar-refractivity contribution in [3.63, 3.8) is 0 Å². The monoisotopic (exact) mass is 343 g/mol. The van der Waals surface area contributed by atoms with Gasteiger partial charge in [0.15, 0.2) is 0 Å². The molecule has 2 aliphatic heterocycles. The Morgan fingerprint density at radius 1 is 1.29 bits per heavy atom. The molecule has 128 valence electrons. The average Bonchev–Trinajstić information content (AvgIpc) is 3.28. The van der Waals surface area contributed by atoms with E-state index in [1.807, 2.05) is 11.7 Å². The minimum Gasteiger partial charge on any atom is -0.373 e. The molecule has 0 saturated carbocycles. The molecule has 2 aliphatic rings. The maximum atomic E-state index is 6.34. The van der Waals surface area contributed by atoms with E-state index >= 15 is 0 Å². The lowest BCUT2D eigenvalue weighted by atomic mass is 9.87. The first-order valence-electron chi connectivity index (χ1n) is 8.76. The van der Waals surface area contributed by atoms with Gasteiger partial charge in [0.1, 0.15) is 0 Å². The molecule has 5 heteroatoms. The second-order valence-electron chi connectivity index (χ2n) is 7.04. The number of rotatable bonds is 4. The van der Waals surface area contributed by atoms with Gasteiger partial charge in [-0.1, -0.05) is 18.2 Å². The average molecular weight is 343 g/mol. The third kappa shape index (κ3) is 3.34. The summed E-state index contributed by atoms with van der Waals surface area (Å²) in [5.74, 6) is 0. The second kappa shape index (κ2) is 6.82.